The molecule has 0 aliphatic carbocycles. The van der Waals surface area contributed by atoms with E-state index in [1.807, 2.05) is 81.1 Å². The molecule has 4 fully saturated rings. The van der Waals surface area contributed by atoms with Gasteiger partial charge in [-0.05, 0) is 98.9 Å². The number of hydrogen-bond donors (Lipinski definition) is 9. The van der Waals surface area contributed by atoms with Crippen molar-refractivity contribution in [2.45, 2.75) is 149 Å². The molecule has 14 aliphatic rings. The Morgan fingerprint density at radius 3 is 1.50 bits per heavy atom. The lowest BCUT2D eigenvalue weighted by molar-refractivity contribution is -0.164. The van der Waals surface area contributed by atoms with Gasteiger partial charge in [-0.2, -0.15) is 5.26 Å². The monoisotopic (exact) mass is 1490 g/mol. The molecular formula is C79H79N9O17S2. The number of hydrogen-bond acceptors (Lipinski definition) is 26. The van der Waals surface area contributed by atoms with E-state index in [4.69, 9.17) is 47.4 Å². The third kappa shape index (κ3) is 9.69. The fourth-order valence-corrected chi connectivity index (χ4v) is 23.6. The van der Waals surface area contributed by atoms with Crippen LogP contribution in [0.2, 0.25) is 0 Å². The maximum atomic E-state index is 14.8. The van der Waals surface area contributed by atoms with Gasteiger partial charge in [-0.3, -0.25) is 30.0 Å². The van der Waals surface area contributed by atoms with Crippen LogP contribution in [0.4, 0.5) is 0 Å². The second-order valence-corrected chi connectivity index (χ2v) is 32.1. The Morgan fingerprint density at radius 2 is 1.03 bits per heavy atom. The van der Waals surface area contributed by atoms with Crippen molar-refractivity contribution in [3.8, 4) is 63.6 Å². The van der Waals surface area contributed by atoms with Crippen molar-refractivity contribution in [1.82, 2.24) is 41.0 Å². The lowest BCUT2D eigenvalue weighted by Crippen LogP contribution is -2.69. The van der Waals surface area contributed by atoms with Gasteiger partial charge in [0.25, 0.3) is 0 Å². The number of nitriles is 1. The number of para-hydroxylation sites is 2. The van der Waals surface area contributed by atoms with Crippen LogP contribution in [0.3, 0.4) is 0 Å². The summed E-state index contributed by atoms with van der Waals surface area (Å²) in [6.07, 6.45) is 1.39. The molecule has 16 heterocycles. The van der Waals surface area contributed by atoms with E-state index < -0.39 is 100 Å². The number of fused-ring (bicyclic) bond motifs is 22. The minimum atomic E-state index is -1.24. The molecule has 14 atom stereocenters. The molecule has 6 aromatic carbocycles. The van der Waals surface area contributed by atoms with E-state index in [9.17, 15) is 39.8 Å². The van der Waals surface area contributed by atoms with Crippen LogP contribution in [0, 0.1) is 39.0 Å². The number of H-pyrrole nitrogens is 2. The standard InChI is InChI=1S/C40H39N5O8S.C39H40N4O9S/c1-17-11-20-12-24-25(13-41)45-26-14-50-39(48)40(38-22(9-10-42-40)21-7-5-6-8-23(21)44-38)15-54-37(31(45)30(43-24)27(20)32(47)33(17)49-4)29-28(26)36-35(51-16-52-36)18(2)34(29)53-19(3)46;1-16-11-19-12-23-37(46)43-24-13-49-38(47)39(36-21(9-10-40-39)20-7-5-6-8-22(20)42-36)14-53-35(29(43)28(41-23)25(19)30(45)31(16)48-4)27-26(24)34-33(50-15-51-34)17(2)32(27)52-18(3)44/h5-8,11,24-26,30-31,37,42-44,47H,9-10,12,14-16H2,1-4H3;5-8,11,23-24,28-29,35,37,40-42,45-46H,9-10,12-15H2,1-4H3/t24-,25-,26-,30+,31?,37+,40+;23-,24-,28+,29?,35+,37-,39+/m00/s1. The number of carbonyl (C=O) groups excluding carboxylic acids is 4. The quantitative estimate of drug-likeness (QED) is 0.0591. The first-order chi connectivity index (χ1) is 51.8. The number of nitrogens with one attached hydrogen (secondary N) is 6. The molecule has 8 bridgehead atoms. The molecule has 8 aromatic rings. The van der Waals surface area contributed by atoms with Gasteiger partial charge < -0.3 is 83.3 Å². The van der Waals surface area contributed by atoms with Gasteiger partial charge in [0, 0.05) is 123 Å². The number of aromatic amines is 2. The lowest BCUT2D eigenvalue weighted by atomic mass is 9.72. The first-order valence-corrected chi connectivity index (χ1v) is 38.4. The zero-order valence-corrected chi connectivity index (χ0v) is 61.5. The molecule has 0 radical (unpaired) electrons. The third-order valence-corrected chi connectivity index (χ3v) is 27.3. The topological polar surface area (TPSA) is 331 Å². The summed E-state index contributed by atoms with van der Waals surface area (Å²) in [7, 11) is 3.09. The molecule has 28 heteroatoms. The summed E-state index contributed by atoms with van der Waals surface area (Å²) in [5.74, 6) is 2.17. The van der Waals surface area contributed by atoms with E-state index in [0.29, 0.717) is 105 Å². The third-order valence-electron chi connectivity index (χ3n) is 24.4. The summed E-state index contributed by atoms with van der Waals surface area (Å²) in [4.78, 5) is 66.6. The average molecular weight is 1490 g/mol. The molecule has 0 saturated carbocycles. The number of aryl methyl sites for hydroxylation is 2. The van der Waals surface area contributed by atoms with Gasteiger partial charge in [-0.25, -0.2) is 9.59 Å². The summed E-state index contributed by atoms with van der Waals surface area (Å²) in [5, 5.41) is 63.0. The molecule has 2 spiro atoms. The molecule has 26 nitrogen and oxygen atoms in total. The van der Waals surface area contributed by atoms with Crippen molar-refractivity contribution in [3.63, 3.8) is 0 Å². The van der Waals surface area contributed by atoms with Gasteiger partial charge in [0.15, 0.2) is 57.1 Å². The number of piperazine rings is 2. The SMILES string of the molecule is COc1c(C)cc2c(c1O)[C@H]1N[C@@H](C2)[C@H](C#N)N2C1[C@@H]1SC[C@]3(NCCc4c3[nH]c3ccccc43)C(=O)OC[C@H]2c2c3c(c(C)c(OC(C)=O)c21)OCO3.COc1c(C)cc2c(c1O)[C@H]1N[C@@H](C2)[C@H](O)N2C1[C@@H]1SC[C@]3(NCCc4c3[nH]c3ccccc43)C(=O)OC[C@H]2c2c3c(c(C)c(OC(C)=O)c21)OCO3. The number of aromatic nitrogens is 2. The number of esters is 4. The largest absolute Gasteiger partial charge is 0.504 e. The number of carbonyl (C=O) groups is 4. The van der Waals surface area contributed by atoms with Gasteiger partial charge in [0.2, 0.25) is 13.6 Å². The second kappa shape index (κ2) is 25.1. The van der Waals surface area contributed by atoms with E-state index in [1.54, 1.807) is 14.2 Å². The van der Waals surface area contributed by atoms with Gasteiger partial charge in [0.05, 0.1) is 72.4 Å². The number of aromatic hydroxyl groups is 2. The van der Waals surface area contributed by atoms with Gasteiger partial charge in [-0.15, -0.1) is 23.5 Å². The van der Waals surface area contributed by atoms with Crippen LogP contribution >= 0.6 is 23.5 Å². The van der Waals surface area contributed by atoms with Crippen LogP contribution in [0.15, 0.2) is 60.7 Å². The highest BCUT2D eigenvalue weighted by Crippen LogP contribution is 2.66. The van der Waals surface area contributed by atoms with E-state index in [-0.39, 0.29) is 55.8 Å². The van der Waals surface area contributed by atoms with Crippen molar-refractivity contribution in [2.75, 3.05) is 65.6 Å². The number of methoxy groups -OCH3 is 2. The van der Waals surface area contributed by atoms with Crippen molar-refractivity contribution in [2.24, 2.45) is 0 Å². The highest BCUT2D eigenvalue weighted by atomic mass is 32.2. The molecule has 22 rings (SSSR count). The zero-order valence-electron chi connectivity index (χ0n) is 59.9. The Morgan fingerprint density at radius 1 is 0.589 bits per heavy atom. The minimum Gasteiger partial charge on any atom is -0.504 e. The first-order valence-electron chi connectivity index (χ1n) is 36.3. The number of thioether (sulfide) groups is 2. The van der Waals surface area contributed by atoms with Crippen molar-refractivity contribution >= 4 is 69.2 Å². The Balaban J connectivity index is 0.000000146. The van der Waals surface area contributed by atoms with E-state index >= 15 is 0 Å². The van der Waals surface area contributed by atoms with E-state index in [1.165, 1.54) is 37.4 Å². The summed E-state index contributed by atoms with van der Waals surface area (Å²) in [6.45, 7) is 11.0. The molecule has 107 heavy (non-hydrogen) atoms. The fourth-order valence-electron chi connectivity index (χ4n) is 20.2. The number of aliphatic hydroxyl groups is 1. The van der Waals surface area contributed by atoms with Crippen LogP contribution in [0.25, 0.3) is 21.8 Å². The number of phenols is 2. The predicted molar refractivity (Wildman–Crippen MR) is 391 cm³/mol. The Hall–Kier alpha value is -9.41. The maximum Gasteiger partial charge on any atom is 0.333 e. The second-order valence-electron chi connectivity index (χ2n) is 29.9. The van der Waals surface area contributed by atoms with Crippen molar-refractivity contribution in [3.05, 3.63) is 150 Å². The van der Waals surface area contributed by atoms with Crippen LogP contribution in [-0.4, -0.2) is 161 Å². The molecule has 4 saturated heterocycles. The zero-order chi connectivity index (χ0) is 73.7. The Kier molecular flexibility index (Phi) is 16.0. The molecule has 0 amide bonds. The number of rotatable bonds is 4. The first kappa shape index (κ1) is 68.1. The molecule has 554 valence electrons. The summed E-state index contributed by atoms with van der Waals surface area (Å²) < 4.78 is 61.0. The Bertz CT molecular complexity index is 5250. The molecular weight excluding hydrogens is 1410 g/mol. The number of phenolic OH excluding ortho intramolecular Hbond substituents is 2. The number of benzene rings is 6. The van der Waals surface area contributed by atoms with E-state index in [2.05, 4.69) is 54.3 Å². The maximum absolute atomic E-state index is 14.8. The average Bonchev–Trinajstić information content (AvgIpc) is 1.00. The predicted octanol–water partition coefficient (Wildman–Crippen LogP) is 8.25. The molecule has 2 unspecified atom stereocenters. The molecule has 14 aliphatic heterocycles. The van der Waals surface area contributed by atoms with Crippen molar-refractivity contribution < 1.29 is 81.9 Å². The minimum absolute atomic E-state index is 0.0359. The smallest absolute Gasteiger partial charge is 0.333 e. The normalized spacial score (nSPS) is 29.3. The fraction of sp³-hybridized carbons (Fsp3) is 0.430. The number of nitrogens with zero attached hydrogens (tertiary/aromatic N) is 3. The van der Waals surface area contributed by atoms with Gasteiger partial charge in [0.1, 0.15) is 37.0 Å². The lowest BCUT2D eigenvalue weighted by Gasteiger charge is -2.59. The highest BCUT2D eigenvalue weighted by Gasteiger charge is 2.63. The van der Waals surface area contributed by atoms with Crippen LogP contribution in [-0.2, 0) is 65.4 Å². The van der Waals surface area contributed by atoms with Gasteiger partial charge >= 0.3 is 23.9 Å². The van der Waals surface area contributed by atoms with Crippen LogP contribution in [0.5, 0.6) is 57.5 Å². The summed E-state index contributed by atoms with van der Waals surface area (Å²) in [6, 6.07) is 18.0. The summed E-state index contributed by atoms with van der Waals surface area (Å²) >= 11 is 3.07. The van der Waals surface area contributed by atoms with Crippen molar-refractivity contribution in [1.29, 1.82) is 5.26 Å². The van der Waals surface area contributed by atoms with Crippen LogP contribution < -0.4 is 59.2 Å². The van der Waals surface area contributed by atoms with Gasteiger partial charge in [-0.1, -0.05) is 48.5 Å². The van der Waals surface area contributed by atoms with Crippen LogP contribution in [0.1, 0.15) is 138 Å². The Labute approximate surface area is 622 Å². The number of ether oxygens (including phenoxy) is 10. The summed E-state index contributed by atoms with van der Waals surface area (Å²) in [5.41, 5.74) is 12.0. The van der Waals surface area contributed by atoms with E-state index in [0.717, 1.165) is 90.5 Å². The molecule has 2 aromatic heterocycles. The molecule has 9 N–H and O–H groups in total. The highest BCUT2D eigenvalue weighted by molar-refractivity contribution is 7.99. The number of aliphatic hydroxyl groups excluding tert-OH is 1.